The number of benzene rings is 4. The summed E-state index contributed by atoms with van der Waals surface area (Å²) >= 11 is 5.44. The van der Waals surface area contributed by atoms with Crippen LogP contribution in [0.15, 0.2) is 84.9 Å². The van der Waals surface area contributed by atoms with Crippen LogP contribution in [0.2, 0.25) is 0 Å². The lowest BCUT2D eigenvalue weighted by molar-refractivity contribution is 0.0964. The lowest BCUT2D eigenvalue weighted by atomic mass is 10.0. The smallest absolute Gasteiger partial charge is 0.253 e. The first-order valence-electron chi connectivity index (χ1n) is 8.49. The Hall–Kier alpha value is -3.17. The molecule has 4 aromatic carbocycles. The van der Waals surface area contributed by atoms with Crippen molar-refractivity contribution >= 4 is 44.3 Å². The van der Waals surface area contributed by atoms with E-state index in [9.17, 15) is 9.59 Å². The monoisotopic (exact) mass is 375 g/mol. The molecule has 4 heteroatoms. The fourth-order valence-corrected chi connectivity index (χ4v) is 3.12. The molecule has 1 N–H and O–H groups in total. The fraction of sp³-hybridized carbons (Fsp3) is 0.0435. The molecule has 0 saturated heterocycles. The van der Waals surface area contributed by atoms with Crippen LogP contribution >= 0.6 is 11.6 Å². The van der Waals surface area contributed by atoms with Gasteiger partial charge in [-0.2, -0.15) is 0 Å². The number of hydrogen-bond acceptors (Lipinski definition) is 2. The van der Waals surface area contributed by atoms with Gasteiger partial charge in [0.05, 0.1) is 0 Å². The third-order valence-electron chi connectivity index (χ3n) is 4.26. The second-order valence-corrected chi connectivity index (χ2v) is 6.25. The van der Waals surface area contributed by atoms with Crippen LogP contribution in [0.4, 0.5) is 0 Å². The third kappa shape index (κ3) is 4.15. The molecule has 0 aromatic heterocycles. The van der Waals surface area contributed by atoms with Crippen molar-refractivity contribution in [3.63, 3.8) is 0 Å². The summed E-state index contributed by atoms with van der Waals surface area (Å²) in [4.78, 5) is 22.5. The molecule has 3 nitrogen and oxygen atoms in total. The number of hydrogen-bond donors (Lipinski definition) is 1. The van der Waals surface area contributed by atoms with Crippen molar-refractivity contribution in [2.75, 3.05) is 7.05 Å². The van der Waals surface area contributed by atoms with Gasteiger partial charge in [0.15, 0.2) is 0 Å². The zero-order valence-corrected chi connectivity index (χ0v) is 15.5. The summed E-state index contributed by atoms with van der Waals surface area (Å²) in [6.07, 6.45) is 0. The van der Waals surface area contributed by atoms with Gasteiger partial charge >= 0.3 is 0 Å². The number of nitrogens with one attached hydrogen (secondary N) is 1. The highest BCUT2D eigenvalue weighted by atomic mass is 35.5. The largest absolute Gasteiger partial charge is 0.355 e. The maximum atomic E-state index is 11.5. The molecule has 0 atom stereocenters. The van der Waals surface area contributed by atoms with Crippen molar-refractivity contribution < 1.29 is 9.59 Å². The molecular weight excluding hydrogens is 358 g/mol. The van der Waals surface area contributed by atoms with Gasteiger partial charge in [-0.3, -0.25) is 9.59 Å². The summed E-state index contributed by atoms with van der Waals surface area (Å²) < 4.78 is 0. The van der Waals surface area contributed by atoms with E-state index in [2.05, 4.69) is 5.32 Å². The molecule has 0 heterocycles. The Balaban J connectivity index is 0.000000156. The van der Waals surface area contributed by atoms with Gasteiger partial charge in [0.25, 0.3) is 11.1 Å². The molecule has 4 aromatic rings. The van der Waals surface area contributed by atoms with Gasteiger partial charge in [0.1, 0.15) is 0 Å². The van der Waals surface area contributed by atoms with E-state index in [0.29, 0.717) is 5.56 Å². The zero-order valence-electron chi connectivity index (χ0n) is 14.8. The fourth-order valence-electron chi connectivity index (χ4n) is 2.95. The van der Waals surface area contributed by atoms with Gasteiger partial charge in [0.2, 0.25) is 0 Å². The summed E-state index contributed by atoms with van der Waals surface area (Å²) in [5, 5.41) is 6.26. The lowest BCUT2D eigenvalue weighted by Gasteiger charge is -2.04. The normalized spacial score (nSPS) is 10.1. The molecule has 134 valence electrons. The predicted molar refractivity (Wildman–Crippen MR) is 111 cm³/mol. The van der Waals surface area contributed by atoms with E-state index >= 15 is 0 Å². The molecule has 4 rings (SSSR count). The molecule has 0 saturated carbocycles. The van der Waals surface area contributed by atoms with E-state index < -0.39 is 5.24 Å². The summed E-state index contributed by atoms with van der Waals surface area (Å²) in [5.74, 6) is -0.0400. The molecule has 27 heavy (non-hydrogen) atoms. The van der Waals surface area contributed by atoms with Gasteiger partial charge in [0, 0.05) is 18.2 Å². The maximum absolute atomic E-state index is 11.5. The maximum Gasteiger partial charge on any atom is 0.253 e. The Bertz CT molecular complexity index is 1110. The van der Waals surface area contributed by atoms with E-state index in [0.717, 1.165) is 27.1 Å². The molecular formula is C23H18ClNO2. The van der Waals surface area contributed by atoms with Gasteiger partial charge < -0.3 is 5.32 Å². The van der Waals surface area contributed by atoms with Crippen molar-refractivity contribution in [2.24, 2.45) is 0 Å². The number of amides is 1. The summed E-state index contributed by atoms with van der Waals surface area (Å²) in [6.45, 7) is 0. The lowest BCUT2D eigenvalue weighted by Crippen LogP contribution is -2.17. The highest BCUT2D eigenvalue weighted by Crippen LogP contribution is 2.20. The Kier molecular flexibility index (Phi) is 5.84. The number of carbonyl (C=O) groups is 2. The van der Waals surface area contributed by atoms with Crippen molar-refractivity contribution in [1.29, 1.82) is 0 Å². The van der Waals surface area contributed by atoms with E-state index in [4.69, 9.17) is 11.6 Å². The van der Waals surface area contributed by atoms with E-state index in [-0.39, 0.29) is 5.91 Å². The molecule has 1 amide bonds. The molecule has 0 bridgehead atoms. The molecule has 0 unspecified atom stereocenters. The molecule has 0 aliphatic rings. The van der Waals surface area contributed by atoms with Gasteiger partial charge in [-0.05, 0) is 45.3 Å². The average molecular weight is 376 g/mol. The second kappa shape index (κ2) is 8.47. The third-order valence-corrected chi connectivity index (χ3v) is 4.47. The van der Waals surface area contributed by atoms with Crippen molar-refractivity contribution in [1.82, 2.24) is 5.32 Å². The zero-order chi connectivity index (χ0) is 19.2. The summed E-state index contributed by atoms with van der Waals surface area (Å²) in [5.41, 5.74) is 1.30. The first-order chi connectivity index (χ1) is 13.1. The minimum absolute atomic E-state index is 0.0400. The Morgan fingerprint density at radius 3 is 1.63 bits per heavy atom. The predicted octanol–water partition coefficient (Wildman–Crippen LogP) is 5.42. The van der Waals surface area contributed by atoms with Crippen LogP contribution in [0.1, 0.15) is 20.7 Å². The molecule has 0 fully saturated rings. The first-order valence-corrected chi connectivity index (χ1v) is 8.87. The minimum Gasteiger partial charge on any atom is -0.355 e. The van der Waals surface area contributed by atoms with E-state index in [1.54, 1.807) is 13.1 Å². The quantitative estimate of drug-likeness (QED) is 0.475. The SMILES string of the molecule is CNC(=O)c1cccc2ccccc12.O=C(Cl)c1cccc2ccccc12. The van der Waals surface area contributed by atoms with Crippen LogP contribution in [-0.2, 0) is 0 Å². The van der Waals surface area contributed by atoms with Crippen molar-refractivity contribution in [3.05, 3.63) is 96.1 Å². The number of rotatable bonds is 2. The highest BCUT2D eigenvalue weighted by molar-refractivity contribution is 6.68. The van der Waals surface area contributed by atoms with Crippen LogP contribution in [0, 0.1) is 0 Å². The van der Waals surface area contributed by atoms with E-state index in [1.165, 1.54) is 0 Å². The van der Waals surface area contributed by atoms with Gasteiger partial charge in [-0.1, -0.05) is 72.8 Å². The van der Waals surface area contributed by atoms with Crippen LogP contribution < -0.4 is 5.32 Å². The molecule has 0 spiro atoms. The summed E-state index contributed by atoms with van der Waals surface area (Å²) in [7, 11) is 1.64. The minimum atomic E-state index is -0.406. The number of halogens is 1. The van der Waals surface area contributed by atoms with Crippen LogP contribution in [-0.4, -0.2) is 18.2 Å². The van der Waals surface area contributed by atoms with Crippen molar-refractivity contribution in [3.8, 4) is 0 Å². The number of carbonyl (C=O) groups excluding carboxylic acids is 2. The summed E-state index contributed by atoms with van der Waals surface area (Å²) in [6, 6.07) is 26.8. The van der Waals surface area contributed by atoms with Gasteiger partial charge in [-0.25, -0.2) is 0 Å². The molecule has 0 aliphatic heterocycles. The van der Waals surface area contributed by atoms with Crippen LogP contribution in [0.25, 0.3) is 21.5 Å². The Morgan fingerprint density at radius 2 is 1.11 bits per heavy atom. The van der Waals surface area contributed by atoms with Gasteiger partial charge in [-0.15, -0.1) is 0 Å². The van der Waals surface area contributed by atoms with Crippen LogP contribution in [0.5, 0.6) is 0 Å². The average Bonchev–Trinajstić information content (AvgIpc) is 2.72. The van der Waals surface area contributed by atoms with Crippen LogP contribution in [0.3, 0.4) is 0 Å². The molecule has 0 radical (unpaired) electrons. The highest BCUT2D eigenvalue weighted by Gasteiger charge is 2.06. The second-order valence-electron chi connectivity index (χ2n) is 5.91. The van der Waals surface area contributed by atoms with Crippen molar-refractivity contribution in [2.45, 2.75) is 0 Å². The molecule has 0 aliphatic carbocycles. The number of fused-ring (bicyclic) bond motifs is 2. The standard InChI is InChI=1S/C12H11NO.C11H7ClO/c1-13-12(14)11-8-4-6-9-5-2-3-7-10(9)11;12-11(13)10-7-3-5-8-4-1-2-6-9(8)10/h2-8H,1H3,(H,13,14);1-7H. The topological polar surface area (TPSA) is 46.2 Å². The Labute approximate surface area is 162 Å². The first kappa shape index (κ1) is 18.6. The Morgan fingerprint density at radius 1 is 0.667 bits per heavy atom. The van der Waals surface area contributed by atoms with E-state index in [1.807, 2.05) is 78.9 Å².